The highest BCUT2D eigenvalue weighted by Gasteiger charge is 2.21. The van der Waals surface area contributed by atoms with Crippen LogP contribution in [0.15, 0.2) is 30.6 Å². The summed E-state index contributed by atoms with van der Waals surface area (Å²) in [5.41, 5.74) is 6.68. The van der Waals surface area contributed by atoms with Gasteiger partial charge in [0.2, 0.25) is 0 Å². The second-order valence-corrected chi connectivity index (χ2v) is 5.46. The van der Waals surface area contributed by atoms with Crippen molar-refractivity contribution < 1.29 is 9.47 Å². The maximum absolute atomic E-state index is 5.81. The highest BCUT2D eigenvalue weighted by atomic mass is 16.5. The number of anilines is 1. The zero-order valence-electron chi connectivity index (χ0n) is 12.2. The lowest BCUT2D eigenvalue weighted by Crippen LogP contribution is -2.13. The average Bonchev–Trinajstić information content (AvgIpc) is 2.40. The van der Waals surface area contributed by atoms with E-state index in [1.165, 1.54) is 6.20 Å². The SMILES string of the molecule is COc1ccc(Oc2nccnc2N)c(C(C)(C)C)c1. The van der Waals surface area contributed by atoms with Gasteiger partial charge in [-0.25, -0.2) is 9.97 Å². The minimum atomic E-state index is -0.0964. The monoisotopic (exact) mass is 273 g/mol. The fourth-order valence-electron chi connectivity index (χ4n) is 1.83. The number of rotatable bonds is 3. The van der Waals surface area contributed by atoms with Crippen molar-refractivity contribution in [1.82, 2.24) is 9.97 Å². The quantitative estimate of drug-likeness (QED) is 0.930. The first-order valence-electron chi connectivity index (χ1n) is 6.34. The average molecular weight is 273 g/mol. The van der Waals surface area contributed by atoms with E-state index in [4.69, 9.17) is 15.2 Å². The predicted molar refractivity (Wildman–Crippen MR) is 78.2 cm³/mol. The third-order valence-corrected chi connectivity index (χ3v) is 2.89. The number of hydrogen-bond acceptors (Lipinski definition) is 5. The largest absolute Gasteiger partial charge is 0.497 e. The molecule has 0 spiro atoms. The summed E-state index contributed by atoms with van der Waals surface area (Å²) in [5.74, 6) is 2.06. The molecule has 0 fully saturated rings. The van der Waals surface area contributed by atoms with Crippen LogP contribution >= 0.6 is 0 Å². The Morgan fingerprint density at radius 2 is 1.80 bits per heavy atom. The number of nitrogens with zero attached hydrogens (tertiary/aromatic N) is 2. The molecule has 0 bridgehead atoms. The number of nitrogen functional groups attached to an aromatic ring is 1. The molecule has 0 unspecified atom stereocenters. The fourth-order valence-corrected chi connectivity index (χ4v) is 1.83. The van der Waals surface area contributed by atoms with Crippen LogP contribution in [0.2, 0.25) is 0 Å². The van der Waals surface area contributed by atoms with Crippen LogP contribution in [0.25, 0.3) is 0 Å². The van der Waals surface area contributed by atoms with Crippen molar-refractivity contribution in [2.75, 3.05) is 12.8 Å². The van der Waals surface area contributed by atoms with Crippen LogP contribution in [0, 0.1) is 0 Å². The first-order valence-corrected chi connectivity index (χ1v) is 6.34. The molecule has 0 radical (unpaired) electrons. The minimum Gasteiger partial charge on any atom is -0.497 e. The lowest BCUT2D eigenvalue weighted by Gasteiger charge is -2.23. The maximum Gasteiger partial charge on any atom is 0.262 e. The maximum atomic E-state index is 5.81. The molecule has 1 heterocycles. The van der Waals surface area contributed by atoms with Gasteiger partial charge in [-0.2, -0.15) is 0 Å². The van der Waals surface area contributed by atoms with Gasteiger partial charge in [-0.05, 0) is 23.6 Å². The normalized spacial score (nSPS) is 11.2. The van der Waals surface area contributed by atoms with Gasteiger partial charge in [0.1, 0.15) is 11.5 Å². The third kappa shape index (κ3) is 2.99. The summed E-state index contributed by atoms with van der Waals surface area (Å²) in [6.07, 6.45) is 3.08. The number of hydrogen-bond donors (Lipinski definition) is 1. The van der Waals surface area contributed by atoms with Gasteiger partial charge >= 0.3 is 0 Å². The standard InChI is InChI=1S/C15H19N3O2/c1-15(2,3)11-9-10(19-4)5-6-12(11)20-14-13(16)17-7-8-18-14/h5-9H,1-4H3,(H2,16,17). The molecule has 20 heavy (non-hydrogen) atoms. The molecule has 0 amide bonds. The summed E-state index contributed by atoms with van der Waals surface area (Å²) in [5, 5.41) is 0. The molecule has 2 N–H and O–H groups in total. The van der Waals surface area contributed by atoms with Crippen molar-refractivity contribution >= 4 is 5.82 Å². The molecule has 2 rings (SSSR count). The Labute approximate surface area is 118 Å². The molecular weight excluding hydrogens is 254 g/mol. The topological polar surface area (TPSA) is 70.3 Å². The number of benzene rings is 1. The van der Waals surface area contributed by atoms with Crippen LogP contribution in [0.3, 0.4) is 0 Å². The van der Waals surface area contributed by atoms with E-state index in [0.29, 0.717) is 11.6 Å². The van der Waals surface area contributed by atoms with E-state index in [1.54, 1.807) is 13.3 Å². The molecule has 0 saturated heterocycles. The lowest BCUT2D eigenvalue weighted by molar-refractivity contribution is 0.405. The Morgan fingerprint density at radius 3 is 2.40 bits per heavy atom. The zero-order chi connectivity index (χ0) is 14.8. The number of methoxy groups -OCH3 is 1. The Hall–Kier alpha value is -2.30. The van der Waals surface area contributed by atoms with Crippen molar-refractivity contribution in [1.29, 1.82) is 0 Å². The third-order valence-electron chi connectivity index (χ3n) is 2.89. The van der Waals surface area contributed by atoms with E-state index < -0.39 is 0 Å². The first kappa shape index (κ1) is 14.1. The molecule has 5 heteroatoms. The van der Waals surface area contributed by atoms with E-state index in [-0.39, 0.29) is 11.2 Å². The van der Waals surface area contributed by atoms with Crippen molar-refractivity contribution in [3.63, 3.8) is 0 Å². The Bertz CT molecular complexity index is 606. The van der Waals surface area contributed by atoms with E-state index >= 15 is 0 Å². The van der Waals surface area contributed by atoms with Gasteiger partial charge in [-0.15, -0.1) is 0 Å². The zero-order valence-corrected chi connectivity index (χ0v) is 12.2. The molecule has 2 aromatic rings. The van der Waals surface area contributed by atoms with Gasteiger partial charge in [0.25, 0.3) is 5.88 Å². The summed E-state index contributed by atoms with van der Waals surface area (Å²) in [6.45, 7) is 6.32. The van der Waals surface area contributed by atoms with Gasteiger partial charge in [-0.3, -0.25) is 0 Å². The molecule has 1 aromatic carbocycles. The smallest absolute Gasteiger partial charge is 0.262 e. The summed E-state index contributed by atoms with van der Waals surface area (Å²) < 4.78 is 11.1. The molecule has 0 aliphatic carbocycles. The van der Waals surface area contributed by atoms with Gasteiger partial charge in [-0.1, -0.05) is 20.8 Å². The molecule has 106 valence electrons. The van der Waals surface area contributed by atoms with Crippen molar-refractivity contribution in [2.45, 2.75) is 26.2 Å². The van der Waals surface area contributed by atoms with Gasteiger partial charge in [0, 0.05) is 18.0 Å². The highest BCUT2D eigenvalue weighted by molar-refractivity contribution is 5.48. The van der Waals surface area contributed by atoms with E-state index in [9.17, 15) is 0 Å². The summed E-state index contributed by atoms with van der Waals surface area (Å²) in [7, 11) is 1.64. The van der Waals surface area contributed by atoms with Crippen LogP contribution in [-0.2, 0) is 5.41 Å². The van der Waals surface area contributed by atoms with Gasteiger partial charge in [0.15, 0.2) is 5.82 Å². The molecule has 0 atom stereocenters. The van der Waals surface area contributed by atoms with Crippen molar-refractivity contribution in [2.24, 2.45) is 0 Å². The molecule has 1 aromatic heterocycles. The van der Waals surface area contributed by atoms with E-state index in [0.717, 1.165) is 11.3 Å². The van der Waals surface area contributed by atoms with Crippen LogP contribution in [-0.4, -0.2) is 17.1 Å². The van der Waals surface area contributed by atoms with Crippen molar-refractivity contribution in [3.8, 4) is 17.4 Å². The van der Waals surface area contributed by atoms with E-state index in [2.05, 4.69) is 30.7 Å². The summed E-state index contributed by atoms with van der Waals surface area (Å²) in [4.78, 5) is 8.06. The molecule has 0 saturated carbocycles. The Morgan fingerprint density at radius 1 is 1.10 bits per heavy atom. The minimum absolute atomic E-state index is 0.0964. The summed E-state index contributed by atoms with van der Waals surface area (Å²) >= 11 is 0. The van der Waals surface area contributed by atoms with Crippen molar-refractivity contribution in [3.05, 3.63) is 36.2 Å². The molecule has 5 nitrogen and oxygen atoms in total. The predicted octanol–water partition coefficient (Wildman–Crippen LogP) is 3.16. The number of ether oxygens (including phenoxy) is 2. The number of aromatic nitrogens is 2. The molecular formula is C15H19N3O2. The van der Waals surface area contributed by atoms with Crippen LogP contribution < -0.4 is 15.2 Å². The van der Waals surface area contributed by atoms with Crippen LogP contribution in [0.4, 0.5) is 5.82 Å². The van der Waals surface area contributed by atoms with Gasteiger partial charge < -0.3 is 15.2 Å². The lowest BCUT2D eigenvalue weighted by atomic mass is 9.86. The fraction of sp³-hybridized carbons (Fsp3) is 0.333. The highest BCUT2D eigenvalue weighted by Crippen LogP contribution is 2.36. The Balaban J connectivity index is 2.44. The molecule has 0 aliphatic rings. The first-order chi connectivity index (χ1) is 9.41. The van der Waals surface area contributed by atoms with Crippen LogP contribution in [0.5, 0.6) is 17.4 Å². The Kier molecular flexibility index (Phi) is 3.79. The second-order valence-electron chi connectivity index (χ2n) is 5.46. The van der Waals surface area contributed by atoms with Crippen LogP contribution in [0.1, 0.15) is 26.3 Å². The summed E-state index contributed by atoms with van der Waals surface area (Å²) in [6, 6.07) is 5.66. The van der Waals surface area contributed by atoms with Gasteiger partial charge in [0.05, 0.1) is 7.11 Å². The van der Waals surface area contributed by atoms with E-state index in [1.807, 2.05) is 18.2 Å². The number of nitrogens with two attached hydrogens (primary N) is 1. The molecule has 0 aliphatic heterocycles. The second kappa shape index (κ2) is 5.36.